The lowest BCUT2D eigenvalue weighted by Crippen LogP contribution is -2.40. The molecule has 1 aromatic carbocycles. The molecule has 126 valence electrons. The van der Waals surface area contributed by atoms with Gasteiger partial charge in [0.2, 0.25) is 0 Å². The van der Waals surface area contributed by atoms with Crippen molar-refractivity contribution in [1.82, 2.24) is 4.98 Å². The Hall–Kier alpha value is -2.34. The van der Waals surface area contributed by atoms with E-state index in [1.54, 1.807) is 30.2 Å². The number of esters is 1. The molecule has 0 saturated heterocycles. The van der Waals surface area contributed by atoms with Gasteiger partial charge in [0.25, 0.3) is 5.91 Å². The summed E-state index contributed by atoms with van der Waals surface area (Å²) in [5, 5.41) is 0.581. The zero-order valence-electron chi connectivity index (χ0n) is 13.9. The molecular weight excluding hydrogens is 324 g/mol. The maximum absolute atomic E-state index is 12.6. The van der Waals surface area contributed by atoms with Crippen LogP contribution in [0.1, 0.15) is 24.2 Å². The van der Waals surface area contributed by atoms with Gasteiger partial charge in [0, 0.05) is 18.4 Å². The van der Waals surface area contributed by atoms with Crippen molar-refractivity contribution < 1.29 is 14.3 Å². The molecule has 5 nitrogen and oxygen atoms in total. The number of thioether (sulfide) groups is 1. The van der Waals surface area contributed by atoms with Gasteiger partial charge in [-0.15, -0.1) is 11.8 Å². The zero-order chi connectivity index (χ0) is 17.5. The van der Waals surface area contributed by atoms with Gasteiger partial charge in [-0.05, 0) is 44.4 Å². The van der Waals surface area contributed by atoms with E-state index in [2.05, 4.69) is 4.98 Å². The highest BCUT2D eigenvalue weighted by Gasteiger charge is 2.25. The van der Waals surface area contributed by atoms with Crippen LogP contribution in [0.25, 0.3) is 0 Å². The van der Waals surface area contributed by atoms with E-state index < -0.39 is 12.1 Å². The van der Waals surface area contributed by atoms with Gasteiger partial charge in [-0.25, -0.2) is 9.78 Å². The Kier molecular flexibility index (Phi) is 6.37. The van der Waals surface area contributed by atoms with Crippen LogP contribution in [0.5, 0.6) is 0 Å². The van der Waals surface area contributed by atoms with Gasteiger partial charge in [0.1, 0.15) is 5.03 Å². The highest BCUT2D eigenvalue weighted by atomic mass is 32.2. The first-order valence-electron chi connectivity index (χ1n) is 7.64. The number of para-hydroxylation sites is 1. The second-order valence-electron chi connectivity index (χ2n) is 5.03. The van der Waals surface area contributed by atoms with Crippen LogP contribution in [0.4, 0.5) is 5.69 Å². The molecule has 0 fully saturated rings. The summed E-state index contributed by atoms with van der Waals surface area (Å²) in [7, 11) is 0. The van der Waals surface area contributed by atoms with Crippen LogP contribution in [-0.2, 0) is 9.53 Å². The molecule has 1 aromatic heterocycles. The van der Waals surface area contributed by atoms with Gasteiger partial charge in [-0.2, -0.15) is 0 Å². The largest absolute Gasteiger partial charge is 0.449 e. The van der Waals surface area contributed by atoms with Crippen LogP contribution in [-0.4, -0.2) is 35.8 Å². The smallest absolute Gasteiger partial charge is 0.341 e. The van der Waals surface area contributed by atoms with Crippen LogP contribution in [0.2, 0.25) is 0 Å². The number of carbonyl (C=O) groups is 2. The number of amides is 1. The maximum Gasteiger partial charge on any atom is 0.341 e. The van der Waals surface area contributed by atoms with Gasteiger partial charge < -0.3 is 9.64 Å². The van der Waals surface area contributed by atoms with E-state index >= 15 is 0 Å². The number of pyridine rings is 1. The van der Waals surface area contributed by atoms with Crippen molar-refractivity contribution in [3.63, 3.8) is 0 Å². The number of aromatic nitrogens is 1. The van der Waals surface area contributed by atoms with E-state index in [-0.39, 0.29) is 5.91 Å². The van der Waals surface area contributed by atoms with Crippen molar-refractivity contribution in [1.29, 1.82) is 0 Å². The van der Waals surface area contributed by atoms with Crippen molar-refractivity contribution in [2.75, 3.05) is 17.7 Å². The number of hydrogen-bond donors (Lipinski definition) is 0. The average Bonchev–Trinajstić information content (AvgIpc) is 2.63. The number of anilines is 1. The van der Waals surface area contributed by atoms with Gasteiger partial charge in [0.15, 0.2) is 6.10 Å². The third kappa shape index (κ3) is 4.14. The highest BCUT2D eigenvalue weighted by molar-refractivity contribution is 7.98. The second kappa shape index (κ2) is 8.49. The molecule has 1 heterocycles. The molecule has 1 amide bonds. The molecular formula is C18H20N2O3S. The predicted octanol–water partition coefficient (Wildman–Crippen LogP) is 3.40. The fraction of sp³-hybridized carbons (Fsp3) is 0.278. The van der Waals surface area contributed by atoms with E-state index in [9.17, 15) is 9.59 Å². The number of benzene rings is 1. The molecule has 24 heavy (non-hydrogen) atoms. The number of likely N-dealkylation sites (N-methyl/N-ethyl adjacent to an activating group) is 1. The zero-order valence-corrected chi connectivity index (χ0v) is 14.7. The molecule has 2 rings (SSSR count). The Morgan fingerprint density at radius 2 is 1.92 bits per heavy atom. The van der Waals surface area contributed by atoms with E-state index in [1.165, 1.54) is 11.8 Å². The lowest BCUT2D eigenvalue weighted by Gasteiger charge is -2.24. The Labute approximate surface area is 146 Å². The Bertz CT molecular complexity index is 706. The first-order chi connectivity index (χ1) is 11.6. The van der Waals surface area contributed by atoms with Crippen molar-refractivity contribution in [3.8, 4) is 0 Å². The minimum atomic E-state index is -0.882. The first-order valence-corrected chi connectivity index (χ1v) is 8.87. The number of ether oxygens (including phenoxy) is 1. The number of nitrogens with zero attached hydrogens (tertiary/aromatic N) is 2. The molecule has 2 aromatic rings. The van der Waals surface area contributed by atoms with Crippen molar-refractivity contribution >= 4 is 29.3 Å². The SMILES string of the molecule is CCN(C(=O)[C@H](C)OC(=O)c1cccnc1SC)c1ccccc1. The standard InChI is InChI=1S/C18H20N2O3S/c1-4-20(14-9-6-5-7-10-14)17(21)13(2)23-18(22)15-11-8-12-19-16(15)24-3/h5-13H,4H2,1-3H3/t13-/m0/s1. The lowest BCUT2D eigenvalue weighted by molar-refractivity contribution is -0.126. The topological polar surface area (TPSA) is 59.5 Å². The molecule has 0 bridgehead atoms. The Morgan fingerprint density at radius 1 is 1.21 bits per heavy atom. The van der Waals surface area contributed by atoms with Crippen LogP contribution < -0.4 is 4.90 Å². The summed E-state index contributed by atoms with van der Waals surface area (Å²) in [5.74, 6) is -0.802. The number of rotatable bonds is 6. The van der Waals surface area contributed by atoms with Gasteiger partial charge in [-0.3, -0.25) is 4.79 Å². The van der Waals surface area contributed by atoms with E-state index in [0.29, 0.717) is 17.1 Å². The molecule has 0 aliphatic rings. The minimum absolute atomic E-state index is 0.258. The third-order valence-electron chi connectivity index (χ3n) is 3.47. The van der Waals surface area contributed by atoms with Crippen LogP contribution in [0.3, 0.4) is 0 Å². The summed E-state index contributed by atoms with van der Waals surface area (Å²) in [6.45, 7) is 3.96. The van der Waals surface area contributed by atoms with Gasteiger partial charge >= 0.3 is 5.97 Å². The molecule has 0 unspecified atom stereocenters. The van der Waals surface area contributed by atoms with Crippen molar-refractivity contribution in [2.45, 2.75) is 25.0 Å². The Morgan fingerprint density at radius 3 is 2.54 bits per heavy atom. The van der Waals surface area contributed by atoms with Crippen LogP contribution in [0, 0.1) is 0 Å². The summed E-state index contributed by atoms with van der Waals surface area (Å²) >= 11 is 1.36. The molecule has 1 atom stereocenters. The van der Waals surface area contributed by atoms with Gasteiger partial charge in [-0.1, -0.05) is 18.2 Å². The first kappa shape index (κ1) is 18.0. The minimum Gasteiger partial charge on any atom is -0.449 e. The van der Waals surface area contributed by atoms with E-state index in [1.807, 2.05) is 43.5 Å². The summed E-state index contributed by atoms with van der Waals surface area (Å²) in [6, 6.07) is 12.6. The van der Waals surface area contributed by atoms with Crippen LogP contribution >= 0.6 is 11.8 Å². The normalized spacial score (nSPS) is 11.6. The maximum atomic E-state index is 12.6. The third-order valence-corrected chi connectivity index (χ3v) is 4.18. The molecule has 6 heteroatoms. The quantitative estimate of drug-likeness (QED) is 0.594. The van der Waals surface area contributed by atoms with Crippen molar-refractivity contribution in [3.05, 3.63) is 54.2 Å². The average molecular weight is 344 g/mol. The lowest BCUT2D eigenvalue weighted by atomic mass is 10.2. The molecule has 0 aliphatic carbocycles. The molecule has 0 spiro atoms. The summed E-state index contributed by atoms with van der Waals surface area (Å²) < 4.78 is 5.36. The van der Waals surface area contributed by atoms with E-state index in [4.69, 9.17) is 4.74 Å². The molecule has 0 saturated carbocycles. The Balaban J connectivity index is 2.12. The molecule has 0 N–H and O–H groups in total. The molecule has 0 aliphatic heterocycles. The monoisotopic (exact) mass is 344 g/mol. The van der Waals surface area contributed by atoms with E-state index in [0.717, 1.165) is 5.69 Å². The second-order valence-corrected chi connectivity index (χ2v) is 5.82. The van der Waals surface area contributed by atoms with Crippen molar-refractivity contribution in [2.24, 2.45) is 0 Å². The highest BCUT2D eigenvalue weighted by Crippen LogP contribution is 2.19. The number of hydrogen-bond acceptors (Lipinski definition) is 5. The summed E-state index contributed by atoms with van der Waals surface area (Å²) in [6.07, 6.45) is 2.57. The fourth-order valence-corrected chi connectivity index (χ4v) is 2.81. The predicted molar refractivity (Wildman–Crippen MR) is 95.4 cm³/mol. The fourth-order valence-electron chi connectivity index (χ4n) is 2.28. The summed E-state index contributed by atoms with van der Waals surface area (Å²) in [4.78, 5) is 30.7. The summed E-state index contributed by atoms with van der Waals surface area (Å²) in [5.41, 5.74) is 1.14. The van der Waals surface area contributed by atoms with Gasteiger partial charge in [0.05, 0.1) is 5.56 Å². The molecule has 0 radical (unpaired) electrons. The van der Waals surface area contributed by atoms with Crippen LogP contribution in [0.15, 0.2) is 53.7 Å². The number of carbonyl (C=O) groups excluding carboxylic acids is 2.